The lowest BCUT2D eigenvalue weighted by molar-refractivity contribution is 0.190. The summed E-state index contributed by atoms with van der Waals surface area (Å²) in [5, 5.41) is 4.27. The predicted octanol–water partition coefficient (Wildman–Crippen LogP) is 1.76. The smallest absolute Gasteiger partial charge is 0.246 e. The molecule has 25 heavy (non-hydrogen) atoms. The normalized spacial score (nSPS) is 17.0. The van der Waals surface area contributed by atoms with Gasteiger partial charge in [-0.05, 0) is 25.8 Å². The second-order valence-corrected chi connectivity index (χ2v) is 8.32. The Morgan fingerprint density at radius 2 is 1.76 bits per heavy atom. The van der Waals surface area contributed by atoms with E-state index < -0.39 is 10.0 Å². The SMILES string of the molecule is CCn1cc(S(=O)(=O)N2CCN(CCc3ccccc3)CC2)c(C)n1. The molecular formula is C18H26N4O2S. The van der Waals surface area contributed by atoms with Gasteiger partial charge in [-0.15, -0.1) is 0 Å². The van der Waals surface area contributed by atoms with Crippen LogP contribution in [0.3, 0.4) is 0 Å². The Labute approximate surface area is 150 Å². The summed E-state index contributed by atoms with van der Waals surface area (Å²) in [5.41, 5.74) is 1.90. The lowest BCUT2D eigenvalue weighted by Crippen LogP contribution is -2.49. The lowest BCUT2D eigenvalue weighted by atomic mass is 10.1. The minimum Gasteiger partial charge on any atom is -0.300 e. The summed E-state index contributed by atoms with van der Waals surface area (Å²) in [6, 6.07) is 10.4. The molecule has 1 fully saturated rings. The second-order valence-electron chi connectivity index (χ2n) is 6.42. The molecule has 0 amide bonds. The third-order valence-corrected chi connectivity index (χ3v) is 6.74. The number of rotatable bonds is 6. The molecule has 1 saturated heterocycles. The first kappa shape index (κ1) is 18.1. The monoisotopic (exact) mass is 362 g/mol. The van der Waals surface area contributed by atoms with Gasteiger partial charge in [0.05, 0.1) is 5.69 Å². The number of sulfonamides is 1. The van der Waals surface area contributed by atoms with Crippen molar-refractivity contribution >= 4 is 10.0 Å². The molecule has 0 aliphatic carbocycles. The number of nitrogens with zero attached hydrogens (tertiary/aromatic N) is 4. The van der Waals surface area contributed by atoms with E-state index in [2.05, 4.69) is 34.3 Å². The van der Waals surface area contributed by atoms with E-state index in [0.29, 0.717) is 30.2 Å². The van der Waals surface area contributed by atoms with Gasteiger partial charge < -0.3 is 4.90 Å². The van der Waals surface area contributed by atoms with Crippen molar-refractivity contribution in [2.75, 3.05) is 32.7 Å². The van der Waals surface area contributed by atoms with Crippen LogP contribution in [0.5, 0.6) is 0 Å². The van der Waals surface area contributed by atoms with Crippen molar-refractivity contribution in [1.29, 1.82) is 0 Å². The molecule has 136 valence electrons. The van der Waals surface area contributed by atoms with Crippen LogP contribution in [0.15, 0.2) is 41.4 Å². The van der Waals surface area contributed by atoms with Gasteiger partial charge in [-0.1, -0.05) is 30.3 Å². The first-order valence-electron chi connectivity index (χ1n) is 8.81. The fraction of sp³-hybridized carbons (Fsp3) is 0.500. The van der Waals surface area contributed by atoms with Crippen molar-refractivity contribution in [3.8, 4) is 0 Å². The highest BCUT2D eigenvalue weighted by Gasteiger charge is 2.30. The van der Waals surface area contributed by atoms with Crippen LogP contribution in [0.4, 0.5) is 0 Å². The molecule has 1 aliphatic rings. The number of aryl methyl sites for hydroxylation is 2. The first-order chi connectivity index (χ1) is 12.0. The summed E-state index contributed by atoms with van der Waals surface area (Å²) in [6.45, 7) is 7.96. The average Bonchev–Trinajstić information content (AvgIpc) is 3.03. The van der Waals surface area contributed by atoms with E-state index in [1.165, 1.54) is 5.56 Å². The third-order valence-electron chi connectivity index (χ3n) is 4.73. The predicted molar refractivity (Wildman–Crippen MR) is 98.0 cm³/mol. The number of piperazine rings is 1. The number of benzene rings is 1. The van der Waals surface area contributed by atoms with Gasteiger partial charge in [0.15, 0.2) is 0 Å². The zero-order valence-electron chi connectivity index (χ0n) is 14.9. The van der Waals surface area contributed by atoms with Gasteiger partial charge in [0.2, 0.25) is 10.0 Å². The molecule has 0 radical (unpaired) electrons. The van der Waals surface area contributed by atoms with Gasteiger partial charge in [-0.25, -0.2) is 8.42 Å². The number of hydrogen-bond acceptors (Lipinski definition) is 4. The van der Waals surface area contributed by atoms with Gasteiger partial charge in [-0.2, -0.15) is 9.40 Å². The van der Waals surface area contributed by atoms with Crippen molar-refractivity contribution < 1.29 is 8.42 Å². The van der Waals surface area contributed by atoms with E-state index >= 15 is 0 Å². The highest BCUT2D eigenvalue weighted by Crippen LogP contribution is 2.20. The van der Waals surface area contributed by atoms with Crippen LogP contribution in [0.2, 0.25) is 0 Å². The maximum atomic E-state index is 12.9. The quantitative estimate of drug-likeness (QED) is 0.786. The average molecular weight is 362 g/mol. The van der Waals surface area contributed by atoms with Crippen LogP contribution in [0.1, 0.15) is 18.2 Å². The Bertz CT molecular complexity index is 794. The first-order valence-corrected chi connectivity index (χ1v) is 10.2. The Morgan fingerprint density at radius 1 is 1.08 bits per heavy atom. The van der Waals surface area contributed by atoms with Crippen molar-refractivity contribution in [2.45, 2.75) is 31.7 Å². The zero-order chi connectivity index (χ0) is 17.9. The number of hydrogen-bond donors (Lipinski definition) is 0. The molecule has 0 saturated carbocycles. The molecular weight excluding hydrogens is 336 g/mol. The van der Waals surface area contributed by atoms with Gasteiger partial charge in [-0.3, -0.25) is 4.68 Å². The van der Waals surface area contributed by atoms with E-state index in [0.717, 1.165) is 26.1 Å². The maximum absolute atomic E-state index is 12.9. The highest BCUT2D eigenvalue weighted by atomic mass is 32.2. The Hall–Kier alpha value is -1.70. The summed E-state index contributed by atoms with van der Waals surface area (Å²) >= 11 is 0. The summed E-state index contributed by atoms with van der Waals surface area (Å²) in [5.74, 6) is 0. The van der Waals surface area contributed by atoms with Gasteiger partial charge in [0.25, 0.3) is 0 Å². The van der Waals surface area contributed by atoms with Crippen LogP contribution in [0.25, 0.3) is 0 Å². The van der Waals surface area contributed by atoms with Crippen LogP contribution < -0.4 is 0 Å². The molecule has 1 aromatic carbocycles. The Balaban J connectivity index is 1.58. The maximum Gasteiger partial charge on any atom is 0.246 e. The minimum absolute atomic E-state index is 0.340. The number of aromatic nitrogens is 2. The molecule has 1 aliphatic heterocycles. The standard InChI is InChI=1S/C18H26N4O2S/c1-3-21-15-18(16(2)19-21)25(23,24)22-13-11-20(12-14-22)10-9-17-7-5-4-6-8-17/h4-8,15H,3,9-14H2,1-2H3. The molecule has 2 aromatic rings. The third kappa shape index (κ3) is 4.11. The van der Waals surface area contributed by atoms with Crippen LogP contribution in [0, 0.1) is 6.92 Å². The van der Waals surface area contributed by atoms with Gasteiger partial charge in [0.1, 0.15) is 4.90 Å². The zero-order valence-corrected chi connectivity index (χ0v) is 15.7. The van der Waals surface area contributed by atoms with Crippen molar-refractivity contribution in [1.82, 2.24) is 19.0 Å². The molecule has 0 unspecified atom stereocenters. The van der Waals surface area contributed by atoms with Crippen molar-refractivity contribution in [2.24, 2.45) is 0 Å². The Morgan fingerprint density at radius 3 is 2.36 bits per heavy atom. The summed E-state index contributed by atoms with van der Waals surface area (Å²) < 4.78 is 29.0. The molecule has 1 aromatic heterocycles. The minimum atomic E-state index is -3.45. The fourth-order valence-electron chi connectivity index (χ4n) is 3.18. The van der Waals surface area contributed by atoms with Crippen molar-refractivity contribution in [3.63, 3.8) is 0 Å². The van der Waals surface area contributed by atoms with Crippen molar-refractivity contribution in [3.05, 3.63) is 47.8 Å². The lowest BCUT2D eigenvalue weighted by Gasteiger charge is -2.33. The molecule has 6 nitrogen and oxygen atoms in total. The van der Waals surface area contributed by atoms with Crippen LogP contribution in [-0.4, -0.2) is 60.1 Å². The molecule has 7 heteroatoms. The largest absolute Gasteiger partial charge is 0.300 e. The van der Waals surface area contributed by atoms with E-state index in [1.54, 1.807) is 22.1 Å². The molecule has 3 rings (SSSR count). The Kier molecular flexibility index (Phi) is 5.56. The van der Waals surface area contributed by atoms with Crippen LogP contribution in [-0.2, 0) is 23.0 Å². The van der Waals surface area contributed by atoms with Crippen LogP contribution >= 0.6 is 0 Å². The molecule has 0 N–H and O–H groups in total. The van der Waals surface area contributed by atoms with E-state index in [1.807, 2.05) is 13.0 Å². The summed E-state index contributed by atoms with van der Waals surface area (Å²) in [6.07, 6.45) is 2.64. The summed E-state index contributed by atoms with van der Waals surface area (Å²) in [7, 11) is -3.45. The molecule has 0 spiro atoms. The fourth-order valence-corrected chi connectivity index (χ4v) is 4.77. The van der Waals surface area contributed by atoms with E-state index in [-0.39, 0.29) is 0 Å². The second kappa shape index (κ2) is 7.68. The topological polar surface area (TPSA) is 58.4 Å². The van der Waals surface area contributed by atoms with Gasteiger partial charge >= 0.3 is 0 Å². The van der Waals surface area contributed by atoms with Gasteiger partial charge in [0, 0.05) is 45.5 Å². The summed E-state index contributed by atoms with van der Waals surface area (Å²) in [4.78, 5) is 2.67. The molecule has 2 heterocycles. The van der Waals surface area contributed by atoms with E-state index in [4.69, 9.17) is 0 Å². The molecule has 0 atom stereocenters. The molecule has 0 bridgehead atoms. The van der Waals surface area contributed by atoms with E-state index in [9.17, 15) is 8.42 Å². The highest BCUT2D eigenvalue weighted by molar-refractivity contribution is 7.89.